The average molecular weight is 413 g/mol. The zero-order valence-electron chi connectivity index (χ0n) is 16.4. The number of thiophene rings is 1. The molecule has 0 bridgehead atoms. The van der Waals surface area contributed by atoms with Crippen molar-refractivity contribution >= 4 is 35.3 Å². The summed E-state index contributed by atoms with van der Waals surface area (Å²) in [4.78, 5) is 39.4. The van der Waals surface area contributed by atoms with Crippen molar-refractivity contribution in [2.75, 3.05) is 6.61 Å². The Labute approximate surface area is 172 Å². The summed E-state index contributed by atoms with van der Waals surface area (Å²) in [6.07, 6.45) is 3.89. The maximum atomic E-state index is 12.9. The predicted molar refractivity (Wildman–Crippen MR) is 109 cm³/mol. The molecule has 2 fully saturated rings. The summed E-state index contributed by atoms with van der Waals surface area (Å²) in [6.45, 7) is 5.66. The quantitative estimate of drug-likeness (QED) is 0.604. The standard InChI is InChI=1S/C21H23N3O4S/c1-13-9-15(14(2)23(13)11-16-5-3-7-28-16)10-18-19(25)22-21(27)24(20(18)26)12-17-6-4-8-29-17/h4,6,8-10,16H,3,5,7,11-12H2,1-2H3,(H,22,25,27)/b18-10+/t16-/m1/s1. The molecule has 0 aliphatic carbocycles. The third-order valence-corrected chi connectivity index (χ3v) is 6.26. The minimum absolute atomic E-state index is 0.0291. The number of aryl methyl sites for hydroxylation is 1. The SMILES string of the molecule is Cc1cc(/C=C2\C(=O)NC(=O)N(Cc3cccs3)C2=O)c(C)n1C[C@H]1CCCO1. The summed E-state index contributed by atoms with van der Waals surface area (Å²) in [5.74, 6) is -1.23. The highest BCUT2D eigenvalue weighted by Crippen LogP contribution is 2.24. The highest BCUT2D eigenvalue weighted by molar-refractivity contribution is 7.09. The molecule has 1 N–H and O–H groups in total. The maximum absolute atomic E-state index is 12.9. The van der Waals surface area contributed by atoms with Crippen LogP contribution in [0.5, 0.6) is 0 Å². The fourth-order valence-corrected chi connectivity index (χ4v) is 4.49. The molecule has 2 aromatic rings. The minimum Gasteiger partial charge on any atom is -0.376 e. The molecule has 4 heterocycles. The number of ether oxygens (including phenoxy) is 1. The highest BCUT2D eigenvalue weighted by atomic mass is 32.1. The molecule has 2 aliphatic rings. The Kier molecular flexibility index (Phi) is 5.38. The monoisotopic (exact) mass is 413 g/mol. The van der Waals surface area contributed by atoms with Crippen molar-refractivity contribution in [3.63, 3.8) is 0 Å². The molecule has 0 saturated carbocycles. The lowest BCUT2D eigenvalue weighted by Gasteiger charge is -2.25. The number of hydrogen-bond acceptors (Lipinski definition) is 5. The molecule has 0 radical (unpaired) electrons. The van der Waals surface area contributed by atoms with Crippen LogP contribution in [0, 0.1) is 13.8 Å². The molecule has 8 heteroatoms. The molecular formula is C21H23N3O4S. The third-order valence-electron chi connectivity index (χ3n) is 5.40. The van der Waals surface area contributed by atoms with Gasteiger partial charge >= 0.3 is 6.03 Å². The number of rotatable bonds is 5. The van der Waals surface area contributed by atoms with Crippen molar-refractivity contribution in [3.05, 3.63) is 51.0 Å². The first kappa shape index (κ1) is 19.6. The van der Waals surface area contributed by atoms with Gasteiger partial charge in [-0.15, -0.1) is 11.3 Å². The fourth-order valence-electron chi connectivity index (χ4n) is 3.80. The molecule has 152 valence electrons. The number of imide groups is 2. The number of nitrogens with one attached hydrogen (secondary N) is 1. The normalized spacial score (nSPS) is 21.3. The van der Waals surface area contributed by atoms with E-state index in [-0.39, 0.29) is 18.2 Å². The van der Waals surface area contributed by atoms with Gasteiger partial charge in [0.15, 0.2) is 0 Å². The van der Waals surface area contributed by atoms with E-state index in [1.165, 1.54) is 11.3 Å². The van der Waals surface area contributed by atoms with Crippen LogP contribution in [0.4, 0.5) is 4.79 Å². The number of hydrogen-bond donors (Lipinski definition) is 1. The van der Waals surface area contributed by atoms with Crippen LogP contribution in [0.3, 0.4) is 0 Å². The molecule has 4 amide bonds. The second-order valence-corrected chi connectivity index (χ2v) is 8.39. The van der Waals surface area contributed by atoms with E-state index in [1.54, 1.807) is 6.08 Å². The number of aromatic nitrogens is 1. The van der Waals surface area contributed by atoms with Gasteiger partial charge in [-0.25, -0.2) is 4.79 Å². The molecule has 0 aromatic carbocycles. The zero-order valence-corrected chi connectivity index (χ0v) is 17.3. The number of amides is 4. The first-order chi connectivity index (χ1) is 13.9. The molecule has 0 spiro atoms. The van der Waals surface area contributed by atoms with Crippen LogP contribution in [0.15, 0.2) is 29.2 Å². The summed E-state index contributed by atoms with van der Waals surface area (Å²) in [5.41, 5.74) is 2.77. The van der Waals surface area contributed by atoms with E-state index >= 15 is 0 Å². The van der Waals surface area contributed by atoms with Gasteiger partial charge in [-0.1, -0.05) is 6.07 Å². The van der Waals surface area contributed by atoms with Crippen LogP contribution < -0.4 is 5.32 Å². The lowest BCUT2D eigenvalue weighted by atomic mass is 10.1. The Balaban J connectivity index is 1.61. The number of urea groups is 1. The van der Waals surface area contributed by atoms with Crippen LogP contribution in [-0.4, -0.2) is 40.0 Å². The van der Waals surface area contributed by atoms with E-state index in [1.807, 2.05) is 37.4 Å². The first-order valence-electron chi connectivity index (χ1n) is 9.63. The molecule has 2 aliphatic heterocycles. The van der Waals surface area contributed by atoms with Crippen molar-refractivity contribution in [2.45, 2.75) is 45.9 Å². The van der Waals surface area contributed by atoms with Gasteiger partial charge in [0.05, 0.1) is 12.6 Å². The number of carbonyl (C=O) groups is 3. The maximum Gasteiger partial charge on any atom is 0.331 e. The van der Waals surface area contributed by atoms with Gasteiger partial charge in [-0.05, 0) is 55.8 Å². The van der Waals surface area contributed by atoms with E-state index in [4.69, 9.17) is 4.74 Å². The summed E-state index contributed by atoms with van der Waals surface area (Å²) in [6, 6.07) is 4.98. The van der Waals surface area contributed by atoms with Crippen LogP contribution in [0.2, 0.25) is 0 Å². The van der Waals surface area contributed by atoms with Gasteiger partial charge in [0, 0.05) is 29.4 Å². The van der Waals surface area contributed by atoms with E-state index in [9.17, 15) is 14.4 Å². The average Bonchev–Trinajstić information content (AvgIpc) is 3.42. The van der Waals surface area contributed by atoms with Crippen LogP contribution in [-0.2, 0) is 27.4 Å². The number of barbiturate groups is 1. The molecule has 2 saturated heterocycles. The fraction of sp³-hybridized carbons (Fsp3) is 0.381. The van der Waals surface area contributed by atoms with Crippen LogP contribution in [0.1, 0.15) is 34.7 Å². The summed E-state index contributed by atoms with van der Waals surface area (Å²) in [7, 11) is 0. The van der Waals surface area contributed by atoms with Gasteiger partial charge < -0.3 is 9.30 Å². The van der Waals surface area contributed by atoms with Gasteiger partial charge in [0.2, 0.25) is 0 Å². The Morgan fingerprint density at radius 1 is 1.31 bits per heavy atom. The largest absolute Gasteiger partial charge is 0.376 e. The van der Waals surface area contributed by atoms with Crippen molar-refractivity contribution in [1.29, 1.82) is 0 Å². The van der Waals surface area contributed by atoms with E-state index in [0.717, 1.165) is 52.7 Å². The van der Waals surface area contributed by atoms with Crippen molar-refractivity contribution in [3.8, 4) is 0 Å². The Morgan fingerprint density at radius 2 is 2.14 bits per heavy atom. The van der Waals surface area contributed by atoms with Crippen molar-refractivity contribution in [2.24, 2.45) is 0 Å². The van der Waals surface area contributed by atoms with Crippen LogP contribution >= 0.6 is 11.3 Å². The molecule has 1 atom stereocenters. The van der Waals surface area contributed by atoms with Gasteiger partial charge in [0.25, 0.3) is 11.8 Å². The summed E-state index contributed by atoms with van der Waals surface area (Å²) in [5, 5.41) is 4.16. The lowest BCUT2D eigenvalue weighted by Crippen LogP contribution is -2.53. The van der Waals surface area contributed by atoms with Crippen molar-refractivity contribution < 1.29 is 19.1 Å². The first-order valence-corrected chi connectivity index (χ1v) is 10.5. The second kappa shape index (κ2) is 7.96. The highest BCUT2D eigenvalue weighted by Gasteiger charge is 2.36. The smallest absolute Gasteiger partial charge is 0.331 e. The van der Waals surface area contributed by atoms with Gasteiger partial charge in [0.1, 0.15) is 5.57 Å². The van der Waals surface area contributed by atoms with Gasteiger partial charge in [-0.2, -0.15) is 0 Å². The molecular weight excluding hydrogens is 390 g/mol. The van der Waals surface area contributed by atoms with E-state index in [0.29, 0.717) is 0 Å². The molecule has 7 nitrogen and oxygen atoms in total. The summed E-state index contributed by atoms with van der Waals surface area (Å²) >= 11 is 1.46. The Morgan fingerprint density at radius 3 is 2.83 bits per heavy atom. The minimum atomic E-state index is -0.686. The topological polar surface area (TPSA) is 80.6 Å². The molecule has 2 aromatic heterocycles. The Hall–Kier alpha value is -2.71. The van der Waals surface area contributed by atoms with Crippen LogP contribution in [0.25, 0.3) is 6.08 Å². The molecule has 4 rings (SSSR count). The van der Waals surface area contributed by atoms with E-state index in [2.05, 4.69) is 9.88 Å². The number of nitrogens with zero attached hydrogens (tertiary/aromatic N) is 2. The second-order valence-electron chi connectivity index (χ2n) is 7.36. The predicted octanol–water partition coefficient (Wildman–Crippen LogP) is 3.01. The Bertz CT molecular complexity index is 984. The molecule has 0 unspecified atom stereocenters. The van der Waals surface area contributed by atoms with Crippen molar-refractivity contribution in [1.82, 2.24) is 14.8 Å². The third kappa shape index (κ3) is 3.90. The summed E-state index contributed by atoms with van der Waals surface area (Å²) < 4.78 is 7.89. The van der Waals surface area contributed by atoms with Gasteiger partial charge in [-0.3, -0.25) is 19.8 Å². The number of carbonyl (C=O) groups excluding carboxylic acids is 3. The zero-order chi connectivity index (χ0) is 20.5. The van der Waals surface area contributed by atoms with E-state index < -0.39 is 17.8 Å². The molecule has 29 heavy (non-hydrogen) atoms. The lowest BCUT2D eigenvalue weighted by molar-refractivity contribution is -0.130.